The molecule has 2 atom stereocenters. The lowest BCUT2D eigenvalue weighted by Gasteiger charge is -2.51. The third-order valence-corrected chi connectivity index (χ3v) is 9.56. The SMILES string of the molecule is O=C(O)/C(=C\C1CN(C(=O)c2c[nH]c(=O)cn2)CC12CN(C(=O)C1(C(F)(F)F)CC1)C2)Cc1cccc(C2=CCC(C(F)(F)F)C=C2)n1.S. The molecule has 2 unspecified atom stereocenters. The molecule has 2 saturated heterocycles. The second kappa shape index (κ2) is 12.8. The number of aromatic amines is 1. The monoisotopic (exact) mass is 711 g/mol. The number of nitrogens with one attached hydrogen (secondary N) is 1. The van der Waals surface area contributed by atoms with Crippen molar-refractivity contribution in [2.24, 2.45) is 22.7 Å². The van der Waals surface area contributed by atoms with E-state index < -0.39 is 58.4 Å². The van der Waals surface area contributed by atoms with E-state index in [2.05, 4.69) is 15.0 Å². The van der Waals surface area contributed by atoms with Crippen LogP contribution in [0.3, 0.4) is 0 Å². The maximum Gasteiger partial charge on any atom is 0.403 e. The summed E-state index contributed by atoms with van der Waals surface area (Å²) in [6.45, 7) is -0.299. The molecule has 262 valence electrons. The Balaban J connectivity index is 0.00000468. The van der Waals surface area contributed by atoms with E-state index in [9.17, 15) is 50.6 Å². The molecule has 1 saturated carbocycles. The van der Waals surface area contributed by atoms with Gasteiger partial charge in [-0.25, -0.2) is 9.78 Å². The topological polar surface area (TPSA) is 137 Å². The van der Waals surface area contributed by atoms with Crippen LogP contribution in [0.5, 0.6) is 0 Å². The summed E-state index contributed by atoms with van der Waals surface area (Å²) in [5.41, 5.74) is -3.02. The number of carboxylic acids is 1. The molecular weight excluding hydrogens is 680 g/mol. The van der Waals surface area contributed by atoms with Gasteiger partial charge in [-0.1, -0.05) is 30.4 Å². The Labute approximate surface area is 282 Å². The average Bonchev–Trinajstić information content (AvgIpc) is 3.76. The number of allylic oxidation sites excluding steroid dienone is 4. The van der Waals surface area contributed by atoms with Crippen LogP contribution < -0.4 is 5.56 Å². The number of nitrogens with zero attached hydrogens (tertiary/aromatic N) is 4. The fraction of sp³-hybridized carbons (Fsp3) is 0.438. The van der Waals surface area contributed by atoms with Crippen LogP contribution in [0.2, 0.25) is 0 Å². The van der Waals surface area contributed by atoms with Crippen molar-refractivity contribution in [3.8, 4) is 0 Å². The van der Waals surface area contributed by atoms with E-state index >= 15 is 0 Å². The maximum absolute atomic E-state index is 13.7. The zero-order valence-electron chi connectivity index (χ0n) is 25.6. The van der Waals surface area contributed by atoms with Gasteiger partial charge in [0.25, 0.3) is 11.5 Å². The number of hydrogen-bond acceptors (Lipinski definition) is 6. The Bertz CT molecular complexity index is 1790. The van der Waals surface area contributed by atoms with Crippen LogP contribution in [0.25, 0.3) is 5.57 Å². The number of aliphatic carboxylic acids is 1. The van der Waals surface area contributed by atoms with Gasteiger partial charge in [0.05, 0.1) is 17.8 Å². The number of aromatic nitrogens is 3. The van der Waals surface area contributed by atoms with Crippen LogP contribution in [-0.4, -0.2) is 86.2 Å². The van der Waals surface area contributed by atoms with E-state index in [-0.39, 0.29) is 76.6 Å². The molecule has 2 N–H and O–H groups in total. The number of hydrogen-bond donors (Lipinski definition) is 2. The minimum atomic E-state index is -4.71. The smallest absolute Gasteiger partial charge is 0.403 e. The van der Waals surface area contributed by atoms with E-state index in [1.54, 1.807) is 18.2 Å². The number of carboxylic acid groups (broad SMARTS) is 1. The van der Waals surface area contributed by atoms with Crippen molar-refractivity contribution in [2.45, 2.75) is 38.0 Å². The van der Waals surface area contributed by atoms with Gasteiger partial charge >= 0.3 is 18.3 Å². The van der Waals surface area contributed by atoms with E-state index in [4.69, 9.17) is 0 Å². The summed E-state index contributed by atoms with van der Waals surface area (Å²) in [6.07, 6.45) is -2.91. The van der Waals surface area contributed by atoms with Crippen molar-refractivity contribution in [1.29, 1.82) is 0 Å². The predicted molar refractivity (Wildman–Crippen MR) is 166 cm³/mol. The average molecular weight is 712 g/mol. The van der Waals surface area contributed by atoms with Gasteiger partial charge in [0.15, 0.2) is 0 Å². The molecule has 17 heteroatoms. The van der Waals surface area contributed by atoms with Crippen LogP contribution in [0.4, 0.5) is 26.3 Å². The molecule has 2 aromatic rings. The van der Waals surface area contributed by atoms with E-state index in [0.29, 0.717) is 17.0 Å². The second-order valence-corrected chi connectivity index (χ2v) is 12.8. The van der Waals surface area contributed by atoms with Gasteiger partial charge in [-0.3, -0.25) is 19.4 Å². The third kappa shape index (κ3) is 6.89. The lowest BCUT2D eigenvalue weighted by molar-refractivity contribution is -0.205. The van der Waals surface area contributed by atoms with Crippen molar-refractivity contribution < 1.29 is 45.8 Å². The molecule has 0 bridgehead atoms. The first-order valence-corrected chi connectivity index (χ1v) is 15.1. The van der Waals surface area contributed by atoms with Crippen molar-refractivity contribution in [3.63, 3.8) is 0 Å². The number of likely N-dealkylation sites (tertiary alicyclic amines) is 2. The van der Waals surface area contributed by atoms with Crippen LogP contribution in [-0.2, 0) is 16.0 Å². The number of H-pyrrole nitrogens is 1. The first kappa shape index (κ1) is 35.9. The van der Waals surface area contributed by atoms with Crippen LogP contribution in [0.1, 0.15) is 41.1 Å². The molecule has 49 heavy (non-hydrogen) atoms. The van der Waals surface area contributed by atoms with Gasteiger partial charge in [0.1, 0.15) is 11.1 Å². The Kier molecular flexibility index (Phi) is 9.38. The molecule has 3 fully saturated rings. The summed E-state index contributed by atoms with van der Waals surface area (Å²) in [5, 5.41) is 10.2. The van der Waals surface area contributed by atoms with Gasteiger partial charge in [-0.2, -0.15) is 39.8 Å². The molecular formula is C32H31F6N5O5S. The van der Waals surface area contributed by atoms with Crippen LogP contribution in [0, 0.1) is 22.7 Å². The van der Waals surface area contributed by atoms with E-state index in [0.717, 1.165) is 23.4 Å². The molecule has 2 amide bonds. The first-order valence-electron chi connectivity index (χ1n) is 15.1. The molecule has 6 rings (SSSR count). The lowest BCUT2D eigenvalue weighted by atomic mass is 9.70. The highest BCUT2D eigenvalue weighted by molar-refractivity contribution is 7.59. The Morgan fingerprint density at radius 2 is 1.76 bits per heavy atom. The van der Waals surface area contributed by atoms with Gasteiger partial charge in [0, 0.05) is 61.4 Å². The van der Waals surface area contributed by atoms with Gasteiger partial charge in [0.2, 0.25) is 5.91 Å². The highest BCUT2D eigenvalue weighted by Gasteiger charge is 2.71. The van der Waals surface area contributed by atoms with E-state index in [1.165, 1.54) is 23.1 Å². The number of carbonyl (C=O) groups excluding carboxylic acids is 2. The Morgan fingerprint density at radius 1 is 1.06 bits per heavy atom. The van der Waals surface area contributed by atoms with Gasteiger partial charge in [-0.15, -0.1) is 0 Å². The molecule has 2 aliphatic carbocycles. The highest BCUT2D eigenvalue weighted by atomic mass is 32.1. The van der Waals surface area contributed by atoms with Crippen LogP contribution in [0.15, 0.2) is 65.3 Å². The molecule has 0 radical (unpaired) electrons. The quantitative estimate of drug-likeness (QED) is 0.323. The summed E-state index contributed by atoms with van der Waals surface area (Å²) < 4.78 is 80.4. The number of amides is 2. The predicted octanol–water partition coefficient (Wildman–Crippen LogP) is 4.30. The molecule has 1 spiro atoms. The van der Waals surface area contributed by atoms with Gasteiger partial charge < -0.3 is 19.9 Å². The maximum atomic E-state index is 13.7. The molecule has 4 aliphatic rings. The molecule has 0 aromatic carbocycles. The number of pyridine rings is 1. The first-order chi connectivity index (χ1) is 22.5. The lowest BCUT2D eigenvalue weighted by Crippen LogP contribution is -2.64. The second-order valence-electron chi connectivity index (χ2n) is 12.8. The van der Waals surface area contributed by atoms with E-state index in [1.807, 2.05) is 0 Å². The van der Waals surface area contributed by atoms with Crippen molar-refractivity contribution in [2.75, 3.05) is 26.2 Å². The fourth-order valence-corrected chi connectivity index (χ4v) is 6.67. The van der Waals surface area contributed by atoms with Crippen LogP contribution >= 0.6 is 13.5 Å². The van der Waals surface area contributed by atoms with Crippen molar-refractivity contribution in [3.05, 3.63) is 87.9 Å². The normalized spacial score (nSPS) is 22.7. The Morgan fingerprint density at radius 3 is 2.31 bits per heavy atom. The zero-order valence-corrected chi connectivity index (χ0v) is 26.6. The summed E-state index contributed by atoms with van der Waals surface area (Å²) in [4.78, 5) is 63.4. The third-order valence-electron chi connectivity index (χ3n) is 9.56. The minimum Gasteiger partial charge on any atom is -0.478 e. The molecule has 10 nitrogen and oxygen atoms in total. The summed E-state index contributed by atoms with van der Waals surface area (Å²) in [6, 6.07) is 4.75. The highest BCUT2D eigenvalue weighted by Crippen LogP contribution is 2.60. The Hall–Kier alpha value is -4.41. The van der Waals surface area contributed by atoms with Crippen molar-refractivity contribution in [1.82, 2.24) is 24.8 Å². The van der Waals surface area contributed by atoms with Crippen molar-refractivity contribution >= 4 is 36.9 Å². The number of rotatable bonds is 7. The summed E-state index contributed by atoms with van der Waals surface area (Å²) >= 11 is 0. The fourth-order valence-electron chi connectivity index (χ4n) is 6.67. The zero-order chi connectivity index (χ0) is 34.6. The number of carbonyl (C=O) groups is 3. The standard InChI is InChI=1S/C32H29F6N5O5.H2S/c33-31(34,35)20-6-4-18(5-7-20)23-3-1-2-22(41-23)11-19(27(46)47)10-21-14-42(26(45)24-12-40-25(44)13-39-24)15-29(21)16-43(17-29)28(48)30(8-9-30)32(36,37)38;/h1-6,10,12-13,20-21H,7-9,11,14-17H2,(H,40,44)(H,46,47);1H2/b19-10-;. The van der Waals surface area contributed by atoms with Gasteiger partial charge in [-0.05, 0) is 37.0 Å². The largest absolute Gasteiger partial charge is 0.478 e. The molecule has 2 aromatic heterocycles. The molecule has 2 aliphatic heterocycles. The number of halogens is 6. The molecule has 4 heterocycles. The minimum absolute atomic E-state index is 0. The number of alkyl halides is 6. The summed E-state index contributed by atoms with van der Waals surface area (Å²) in [7, 11) is 0. The summed E-state index contributed by atoms with van der Waals surface area (Å²) in [5.74, 6) is -5.24.